The molecule has 0 rings (SSSR count). The van der Waals surface area contributed by atoms with E-state index in [9.17, 15) is 19.8 Å². The zero-order valence-corrected chi connectivity index (χ0v) is 58.6. The van der Waals surface area contributed by atoms with Gasteiger partial charge in [0, 0.05) is 12.8 Å². The minimum Gasteiger partial charge on any atom is -0.466 e. The monoisotopic (exact) mass is 1210 g/mol. The summed E-state index contributed by atoms with van der Waals surface area (Å²) in [6.07, 6.45) is 97.4. The highest BCUT2D eigenvalue weighted by atomic mass is 16.5. The Kier molecular flexibility index (Phi) is 74.3. The molecular formula is C80H155NO5. The van der Waals surface area contributed by atoms with E-state index in [1.165, 1.54) is 385 Å². The Bertz CT molecular complexity index is 1350. The number of hydrogen-bond acceptors (Lipinski definition) is 5. The van der Waals surface area contributed by atoms with Crippen molar-refractivity contribution < 1.29 is 24.5 Å². The number of carbonyl (C=O) groups excluding carboxylic acids is 2. The van der Waals surface area contributed by atoms with Gasteiger partial charge in [-0.3, -0.25) is 9.59 Å². The molecule has 6 heteroatoms. The number of hydrogen-bond donors (Lipinski definition) is 3. The lowest BCUT2D eigenvalue weighted by atomic mass is 10.0. The Balaban J connectivity index is 3.35. The molecule has 0 radical (unpaired) electrons. The second-order valence-electron chi connectivity index (χ2n) is 27.4. The summed E-state index contributed by atoms with van der Waals surface area (Å²) in [6, 6.07) is -0.625. The van der Waals surface area contributed by atoms with Crippen molar-refractivity contribution in [2.75, 3.05) is 13.2 Å². The van der Waals surface area contributed by atoms with Gasteiger partial charge in [-0.15, -0.1) is 0 Å². The van der Waals surface area contributed by atoms with E-state index in [1.807, 2.05) is 6.08 Å². The molecule has 0 bridgehead atoms. The van der Waals surface area contributed by atoms with Gasteiger partial charge in [-0.05, 0) is 57.8 Å². The van der Waals surface area contributed by atoms with Gasteiger partial charge in [0.1, 0.15) is 0 Å². The van der Waals surface area contributed by atoms with Crippen molar-refractivity contribution in [2.24, 2.45) is 0 Å². The molecule has 0 aliphatic rings. The molecule has 0 spiro atoms. The average molecular weight is 1210 g/mol. The van der Waals surface area contributed by atoms with E-state index in [0.717, 1.165) is 38.5 Å². The van der Waals surface area contributed by atoms with Crippen molar-refractivity contribution in [2.45, 2.75) is 463 Å². The number of aliphatic hydroxyl groups excluding tert-OH is 2. The molecule has 510 valence electrons. The van der Waals surface area contributed by atoms with Crippen molar-refractivity contribution in [3.05, 3.63) is 24.3 Å². The Morgan fingerprint density at radius 2 is 0.547 bits per heavy atom. The summed E-state index contributed by atoms with van der Waals surface area (Å²) in [4.78, 5) is 24.6. The van der Waals surface area contributed by atoms with Crippen LogP contribution in [-0.4, -0.2) is 47.4 Å². The predicted molar refractivity (Wildman–Crippen MR) is 380 cm³/mol. The van der Waals surface area contributed by atoms with Crippen LogP contribution >= 0.6 is 0 Å². The molecule has 1 amide bonds. The number of unbranched alkanes of at least 4 members (excludes halogenated alkanes) is 62. The molecule has 0 aromatic rings. The van der Waals surface area contributed by atoms with Gasteiger partial charge in [-0.2, -0.15) is 0 Å². The number of rotatable bonds is 75. The van der Waals surface area contributed by atoms with Gasteiger partial charge >= 0.3 is 5.97 Å². The Morgan fingerprint density at radius 3 is 0.826 bits per heavy atom. The molecular weight excluding hydrogens is 1050 g/mol. The maximum Gasteiger partial charge on any atom is 0.305 e. The SMILES string of the molecule is CCCCCCCCCCCCCCCCCCCC/C=C/C(O)C(CO)NC(=O)CCCCCCCCCCCCCCCCCCC/C=C\CCCCCCCCCCCCCCCCCCOC(=O)CCCCCCCCCCCCCC. The van der Waals surface area contributed by atoms with Gasteiger partial charge in [0.15, 0.2) is 0 Å². The molecule has 2 atom stereocenters. The van der Waals surface area contributed by atoms with Gasteiger partial charge < -0.3 is 20.3 Å². The average Bonchev–Trinajstić information content (AvgIpc) is 3.60. The number of ether oxygens (including phenoxy) is 1. The van der Waals surface area contributed by atoms with Crippen molar-refractivity contribution in [3.63, 3.8) is 0 Å². The maximum absolute atomic E-state index is 12.5. The fraction of sp³-hybridized carbons (Fsp3) is 0.925. The molecule has 0 aliphatic heterocycles. The van der Waals surface area contributed by atoms with Crippen molar-refractivity contribution in [1.82, 2.24) is 5.32 Å². The van der Waals surface area contributed by atoms with Crippen molar-refractivity contribution >= 4 is 11.9 Å². The highest BCUT2D eigenvalue weighted by molar-refractivity contribution is 5.76. The Morgan fingerprint density at radius 1 is 0.314 bits per heavy atom. The van der Waals surface area contributed by atoms with Crippen LogP contribution in [0.5, 0.6) is 0 Å². The Labute approximate surface area is 539 Å². The van der Waals surface area contributed by atoms with Crippen LogP contribution in [0.15, 0.2) is 24.3 Å². The van der Waals surface area contributed by atoms with Gasteiger partial charge in [-0.1, -0.05) is 404 Å². The normalized spacial score (nSPS) is 12.6. The molecule has 0 aromatic heterocycles. The first-order valence-corrected chi connectivity index (χ1v) is 39.6. The molecule has 3 N–H and O–H groups in total. The molecule has 0 saturated carbocycles. The highest BCUT2D eigenvalue weighted by Gasteiger charge is 2.18. The van der Waals surface area contributed by atoms with Crippen LogP contribution in [0.4, 0.5) is 0 Å². The first-order chi connectivity index (χ1) is 42.5. The maximum atomic E-state index is 12.5. The largest absolute Gasteiger partial charge is 0.466 e. The summed E-state index contributed by atoms with van der Waals surface area (Å²) < 4.78 is 5.49. The third kappa shape index (κ3) is 71.4. The molecule has 0 aliphatic carbocycles. The summed E-state index contributed by atoms with van der Waals surface area (Å²) in [5.41, 5.74) is 0. The first-order valence-electron chi connectivity index (χ1n) is 39.6. The van der Waals surface area contributed by atoms with Gasteiger partial charge in [-0.25, -0.2) is 0 Å². The van der Waals surface area contributed by atoms with Crippen molar-refractivity contribution in [3.8, 4) is 0 Å². The van der Waals surface area contributed by atoms with Crippen LogP contribution in [0.1, 0.15) is 450 Å². The number of nitrogens with one attached hydrogen (secondary N) is 1. The van der Waals surface area contributed by atoms with E-state index >= 15 is 0 Å². The lowest BCUT2D eigenvalue weighted by Gasteiger charge is -2.20. The van der Waals surface area contributed by atoms with Crippen molar-refractivity contribution in [1.29, 1.82) is 0 Å². The zero-order valence-electron chi connectivity index (χ0n) is 58.6. The van der Waals surface area contributed by atoms with Gasteiger partial charge in [0.25, 0.3) is 0 Å². The minimum atomic E-state index is -0.842. The second-order valence-corrected chi connectivity index (χ2v) is 27.4. The summed E-state index contributed by atoms with van der Waals surface area (Å²) in [5, 5.41) is 23.3. The molecule has 2 unspecified atom stereocenters. The highest BCUT2D eigenvalue weighted by Crippen LogP contribution is 2.20. The third-order valence-electron chi connectivity index (χ3n) is 18.7. The fourth-order valence-corrected chi connectivity index (χ4v) is 12.7. The zero-order chi connectivity index (χ0) is 62.0. The van der Waals surface area contributed by atoms with Crippen LogP contribution in [0.2, 0.25) is 0 Å². The quantitative estimate of drug-likeness (QED) is 0.0320. The number of aliphatic hydroxyl groups is 2. The van der Waals surface area contributed by atoms with E-state index in [2.05, 4.69) is 31.3 Å². The molecule has 86 heavy (non-hydrogen) atoms. The van der Waals surface area contributed by atoms with E-state index in [1.54, 1.807) is 6.08 Å². The molecule has 0 fully saturated rings. The van der Waals surface area contributed by atoms with E-state index < -0.39 is 12.1 Å². The number of allylic oxidation sites excluding steroid dienone is 3. The summed E-state index contributed by atoms with van der Waals surface area (Å²) in [6.45, 7) is 4.95. The lowest BCUT2D eigenvalue weighted by molar-refractivity contribution is -0.143. The smallest absolute Gasteiger partial charge is 0.305 e. The van der Waals surface area contributed by atoms with Gasteiger partial charge in [0.05, 0.1) is 25.4 Å². The van der Waals surface area contributed by atoms with E-state index in [4.69, 9.17) is 4.74 Å². The standard InChI is InChI=1S/C80H155NO5/c1-3-5-7-9-11-13-15-17-18-19-20-40-43-46-49-52-56-60-64-68-72-78(83)77(76-82)81-79(84)73-69-65-61-57-53-50-47-44-41-38-36-34-32-30-28-26-24-22-21-23-25-27-29-31-33-35-37-39-42-45-48-51-55-59-63-67-71-75-86-80(85)74-70-66-62-58-54-16-14-12-10-8-6-4-2/h21,23,68,72,77-78,82-83H,3-20,22,24-67,69-71,73-76H2,1-2H3,(H,81,84)/b23-21-,72-68+. The summed E-state index contributed by atoms with van der Waals surface area (Å²) >= 11 is 0. The van der Waals surface area contributed by atoms with E-state index in [0.29, 0.717) is 19.4 Å². The minimum absolute atomic E-state index is 0.0228. The molecule has 6 nitrogen and oxygen atoms in total. The number of amides is 1. The van der Waals surface area contributed by atoms with Crippen LogP contribution in [0.25, 0.3) is 0 Å². The van der Waals surface area contributed by atoms with Crippen LogP contribution in [-0.2, 0) is 14.3 Å². The number of esters is 1. The van der Waals surface area contributed by atoms with Crippen LogP contribution in [0, 0.1) is 0 Å². The summed E-state index contributed by atoms with van der Waals surface area (Å²) in [5.74, 6) is -0.0366. The summed E-state index contributed by atoms with van der Waals surface area (Å²) in [7, 11) is 0. The molecule has 0 heterocycles. The Hall–Kier alpha value is -1.66. The molecule has 0 saturated heterocycles. The lowest BCUT2D eigenvalue weighted by Crippen LogP contribution is -2.45. The predicted octanol–water partition coefficient (Wildman–Crippen LogP) is 26.0. The first kappa shape index (κ1) is 84.3. The second kappa shape index (κ2) is 75.8. The fourth-order valence-electron chi connectivity index (χ4n) is 12.7. The van der Waals surface area contributed by atoms with Crippen LogP contribution in [0.3, 0.4) is 0 Å². The molecule has 0 aromatic carbocycles. The third-order valence-corrected chi connectivity index (χ3v) is 18.7. The number of carbonyl (C=O) groups is 2. The van der Waals surface area contributed by atoms with E-state index in [-0.39, 0.29) is 18.5 Å². The van der Waals surface area contributed by atoms with Crippen LogP contribution < -0.4 is 5.32 Å². The van der Waals surface area contributed by atoms with Gasteiger partial charge in [0.2, 0.25) is 5.91 Å². The topological polar surface area (TPSA) is 95.9 Å².